The Morgan fingerprint density at radius 3 is 2.94 bits per heavy atom. The summed E-state index contributed by atoms with van der Waals surface area (Å²) in [6, 6.07) is 0.507. The van der Waals surface area contributed by atoms with E-state index in [4.69, 9.17) is 4.52 Å². The van der Waals surface area contributed by atoms with Crippen LogP contribution in [-0.4, -0.2) is 40.8 Å². The summed E-state index contributed by atoms with van der Waals surface area (Å²) in [5, 5.41) is 8.17. The molecule has 1 aliphatic rings. The van der Waals surface area contributed by atoms with Crippen molar-refractivity contribution >= 4 is 16.9 Å². The van der Waals surface area contributed by atoms with Crippen molar-refractivity contribution in [3.05, 3.63) is 12.0 Å². The van der Waals surface area contributed by atoms with E-state index in [1.54, 1.807) is 0 Å². The highest BCUT2D eigenvalue weighted by atomic mass is 16.5. The average Bonchev–Trinajstić information content (AvgIpc) is 2.66. The SMILES string of the molecule is CCN(c1ncnc2onc(C)c12)C1CNC1. The minimum atomic E-state index is 0.507. The zero-order valence-electron chi connectivity index (χ0n) is 9.97. The van der Waals surface area contributed by atoms with Crippen molar-refractivity contribution in [1.82, 2.24) is 20.4 Å². The molecular weight excluding hydrogens is 218 g/mol. The van der Waals surface area contributed by atoms with Crippen LogP contribution in [0.3, 0.4) is 0 Å². The molecule has 1 N–H and O–H groups in total. The second kappa shape index (κ2) is 3.96. The fourth-order valence-electron chi connectivity index (χ4n) is 2.20. The molecule has 17 heavy (non-hydrogen) atoms. The van der Waals surface area contributed by atoms with Crippen molar-refractivity contribution in [1.29, 1.82) is 0 Å². The predicted molar refractivity (Wildman–Crippen MR) is 64.0 cm³/mol. The first-order valence-corrected chi connectivity index (χ1v) is 5.85. The number of anilines is 1. The molecule has 1 aliphatic heterocycles. The predicted octanol–water partition coefficient (Wildman–Crippen LogP) is 0.724. The quantitative estimate of drug-likeness (QED) is 0.842. The molecule has 0 saturated carbocycles. The Morgan fingerprint density at radius 2 is 2.29 bits per heavy atom. The Bertz CT molecular complexity index is 534. The van der Waals surface area contributed by atoms with Gasteiger partial charge in [0.1, 0.15) is 17.5 Å². The van der Waals surface area contributed by atoms with Crippen molar-refractivity contribution in [2.45, 2.75) is 19.9 Å². The standard InChI is InChI=1S/C11H15N5O/c1-3-16(8-4-12-5-8)10-9-7(2)15-17-11(9)14-6-13-10/h6,8,12H,3-5H2,1-2H3. The van der Waals surface area contributed by atoms with E-state index >= 15 is 0 Å². The van der Waals surface area contributed by atoms with Crippen molar-refractivity contribution in [2.24, 2.45) is 0 Å². The summed E-state index contributed by atoms with van der Waals surface area (Å²) in [6.07, 6.45) is 1.54. The Morgan fingerprint density at radius 1 is 1.47 bits per heavy atom. The molecule has 0 aliphatic carbocycles. The van der Waals surface area contributed by atoms with Gasteiger partial charge < -0.3 is 14.7 Å². The third-order valence-corrected chi connectivity index (χ3v) is 3.24. The van der Waals surface area contributed by atoms with Gasteiger partial charge in [-0.05, 0) is 13.8 Å². The molecule has 2 aromatic rings. The van der Waals surface area contributed by atoms with Crippen LogP contribution in [0.2, 0.25) is 0 Å². The third kappa shape index (κ3) is 1.56. The largest absolute Gasteiger partial charge is 0.351 e. The van der Waals surface area contributed by atoms with E-state index in [0.717, 1.165) is 36.5 Å². The number of aryl methyl sites for hydroxylation is 1. The Labute approximate surface area is 99.0 Å². The van der Waals surface area contributed by atoms with Gasteiger partial charge in [-0.1, -0.05) is 5.16 Å². The Balaban J connectivity index is 2.11. The number of fused-ring (bicyclic) bond motifs is 1. The number of likely N-dealkylation sites (N-methyl/N-ethyl adjacent to an activating group) is 1. The highest BCUT2D eigenvalue weighted by Gasteiger charge is 2.27. The van der Waals surface area contributed by atoms with Crippen LogP contribution in [0.25, 0.3) is 11.1 Å². The van der Waals surface area contributed by atoms with Gasteiger partial charge in [0.2, 0.25) is 0 Å². The minimum absolute atomic E-state index is 0.507. The lowest BCUT2D eigenvalue weighted by atomic mass is 10.1. The van der Waals surface area contributed by atoms with Gasteiger partial charge in [0.05, 0.1) is 11.7 Å². The third-order valence-electron chi connectivity index (χ3n) is 3.24. The molecule has 90 valence electrons. The van der Waals surface area contributed by atoms with Gasteiger partial charge in [0.15, 0.2) is 0 Å². The number of nitrogens with zero attached hydrogens (tertiary/aromatic N) is 4. The lowest BCUT2D eigenvalue weighted by Crippen LogP contribution is -2.57. The topological polar surface area (TPSA) is 67.1 Å². The van der Waals surface area contributed by atoms with E-state index in [2.05, 4.69) is 32.3 Å². The number of hydrogen-bond donors (Lipinski definition) is 1. The van der Waals surface area contributed by atoms with Crippen molar-refractivity contribution in [3.8, 4) is 0 Å². The molecule has 3 rings (SSSR count). The van der Waals surface area contributed by atoms with Gasteiger partial charge in [-0.15, -0.1) is 0 Å². The molecule has 0 spiro atoms. The Hall–Kier alpha value is -1.69. The normalized spacial score (nSPS) is 16.1. The van der Waals surface area contributed by atoms with Crippen LogP contribution in [0.15, 0.2) is 10.9 Å². The first-order valence-electron chi connectivity index (χ1n) is 5.85. The van der Waals surface area contributed by atoms with Gasteiger partial charge in [-0.25, -0.2) is 4.98 Å². The molecule has 2 aromatic heterocycles. The summed E-state index contributed by atoms with van der Waals surface area (Å²) >= 11 is 0. The second-order valence-electron chi connectivity index (χ2n) is 4.24. The number of rotatable bonds is 3. The summed E-state index contributed by atoms with van der Waals surface area (Å²) in [4.78, 5) is 10.8. The van der Waals surface area contributed by atoms with Gasteiger partial charge >= 0.3 is 0 Å². The van der Waals surface area contributed by atoms with Crippen LogP contribution in [0.1, 0.15) is 12.6 Å². The molecule has 0 bridgehead atoms. The molecule has 1 saturated heterocycles. The maximum Gasteiger partial charge on any atom is 0.263 e. The summed E-state index contributed by atoms with van der Waals surface area (Å²) < 4.78 is 5.17. The molecule has 0 unspecified atom stereocenters. The van der Waals surface area contributed by atoms with Crippen LogP contribution in [-0.2, 0) is 0 Å². The zero-order chi connectivity index (χ0) is 11.8. The highest BCUT2D eigenvalue weighted by Crippen LogP contribution is 2.27. The lowest BCUT2D eigenvalue weighted by Gasteiger charge is -2.38. The van der Waals surface area contributed by atoms with E-state index < -0.39 is 0 Å². The molecular formula is C11H15N5O. The fourth-order valence-corrected chi connectivity index (χ4v) is 2.20. The molecule has 0 amide bonds. The molecule has 6 nitrogen and oxygen atoms in total. The van der Waals surface area contributed by atoms with Gasteiger partial charge in [0, 0.05) is 19.6 Å². The number of hydrogen-bond acceptors (Lipinski definition) is 6. The minimum Gasteiger partial charge on any atom is -0.351 e. The van der Waals surface area contributed by atoms with E-state index in [1.807, 2.05) is 6.92 Å². The summed E-state index contributed by atoms with van der Waals surface area (Å²) in [6.45, 7) is 6.98. The molecule has 0 radical (unpaired) electrons. The van der Waals surface area contributed by atoms with E-state index in [9.17, 15) is 0 Å². The Kier molecular flexibility index (Phi) is 2.44. The monoisotopic (exact) mass is 233 g/mol. The summed E-state index contributed by atoms with van der Waals surface area (Å²) in [5.74, 6) is 0.933. The van der Waals surface area contributed by atoms with Crippen LogP contribution in [0.5, 0.6) is 0 Å². The molecule has 6 heteroatoms. The highest BCUT2D eigenvalue weighted by molar-refractivity contribution is 5.88. The molecule has 0 aromatic carbocycles. The molecule has 0 atom stereocenters. The number of aromatic nitrogens is 3. The lowest BCUT2D eigenvalue weighted by molar-refractivity contribution is 0.415. The van der Waals surface area contributed by atoms with E-state index in [-0.39, 0.29) is 0 Å². The maximum absolute atomic E-state index is 5.17. The smallest absolute Gasteiger partial charge is 0.263 e. The maximum atomic E-state index is 5.17. The van der Waals surface area contributed by atoms with Crippen molar-refractivity contribution in [3.63, 3.8) is 0 Å². The van der Waals surface area contributed by atoms with Crippen LogP contribution in [0, 0.1) is 6.92 Å². The first-order chi connectivity index (χ1) is 8.31. The average molecular weight is 233 g/mol. The van der Waals surface area contributed by atoms with Crippen LogP contribution >= 0.6 is 0 Å². The van der Waals surface area contributed by atoms with Crippen LogP contribution in [0.4, 0.5) is 5.82 Å². The summed E-state index contributed by atoms with van der Waals surface area (Å²) in [7, 11) is 0. The van der Waals surface area contributed by atoms with Gasteiger partial charge in [-0.3, -0.25) is 0 Å². The van der Waals surface area contributed by atoms with Crippen molar-refractivity contribution in [2.75, 3.05) is 24.5 Å². The van der Waals surface area contributed by atoms with E-state index in [1.165, 1.54) is 6.33 Å². The zero-order valence-corrected chi connectivity index (χ0v) is 9.97. The molecule has 3 heterocycles. The summed E-state index contributed by atoms with van der Waals surface area (Å²) in [5.41, 5.74) is 1.42. The number of nitrogens with one attached hydrogen (secondary N) is 1. The molecule has 1 fully saturated rings. The van der Waals surface area contributed by atoms with Gasteiger partial charge in [0.25, 0.3) is 5.71 Å². The van der Waals surface area contributed by atoms with Crippen molar-refractivity contribution < 1.29 is 4.52 Å². The first kappa shape index (κ1) is 10.5. The van der Waals surface area contributed by atoms with Crippen LogP contribution < -0.4 is 10.2 Å². The fraction of sp³-hybridized carbons (Fsp3) is 0.545. The van der Waals surface area contributed by atoms with Gasteiger partial charge in [-0.2, -0.15) is 4.98 Å². The second-order valence-corrected chi connectivity index (χ2v) is 4.24. The van der Waals surface area contributed by atoms with E-state index in [0.29, 0.717) is 11.8 Å².